The van der Waals surface area contributed by atoms with Crippen LogP contribution in [0.4, 0.5) is 25.8 Å². The fourth-order valence-corrected chi connectivity index (χ4v) is 2.78. The van der Waals surface area contributed by atoms with Crippen LogP contribution in [0.5, 0.6) is 5.75 Å². The molecule has 0 saturated carbocycles. The smallest absolute Gasteiger partial charge is 0.497 e. The third kappa shape index (κ3) is 4.90. The number of para-hydroxylation sites is 1. The van der Waals surface area contributed by atoms with Crippen LogP contribution in [-0.2, 0) is 0 Å². The molecular formula is C21H21BF2N4O. The van der Waals surface area contributed by atoms with E-state index in [0.29, 0.717) is 17.0 Å². The Morgan fingerprint density at radius 3 is 2.24 bits per heavy atom. The summed E-state index contributed by atoms with van der Waals surface area (Å²) in [6, 6.07) is 19.0. The summed E-state index contributed by atoms with van der Waals surface area (Å²) in [5.74, 6) is 0.916. The summed E-state index contributed by atoms with van der Waals surface area (Å²) in [5, 5.41) is 0. The van der Waals surface area contributed by atoms with Gasteiger partial charge < -0.3 is 14.4 Å². The molecule has 5 nitrogen and oxygen atoms in total. The molecule has 3 rings (SSSR count). The van der Waals surface area contributed by atoms with Crippen LogP contribution in [0.1, 0.15) is 5.56 Å². The van der Waals surface area contributed by atoms with Gasteiger partial charge in [0, 0.05) is 43.3 Å². The number of benzene rings is 2. The van der Waals surface area contributed by atoms with Gasteiger partial charge in [-0.2, -0.15) is 0 Å². The summed E-state index contributed by atoms with van der Waals surface area (Å²) < 4.78 is 33.5. The van der Waals surface area contributed by atoms with Gasteiger partial charge in [-0.1, -0.05) is 18.2 Å². The van der Waals surface area contributed by atoms with Crippen LogP contribution in [0.2, 0.25) is 0 Å². The van der Waals surface area contributed by atoms with Gasteiger partial charge in [0.25, 0.3) is 0 Å². The lowest BCUT2D eigenvalue weighted by atomic mass is 10.0. The SMILES string of the molecule is COc1ccnc(N=C(c2ccc(N(C)C)cc2)N(B(F)F)c2ccccc2)c1. The van der Waals surface area contributed by atoms with Gasteiger partial charge in [0.1, 0.15) is 11.6 Å². The summed E-state index contributed by atoms with van der Waals surface area (Å²) in [4.78, 5) is 11.5. The third-order valence-electron chi connectivity index (χ3n) is 4.27. The zero-order valence-corrected chi connectivity index (χ0v) is 16.5. The number of methoxy groups -OCH3 is 1. The standard InChI is InChI=1S/C21H21BF2N4O/c1-27(2)17-11-9-16(10-12-17)21(26-20-15-19(29-3)13-14-25-20)28(22(23)24)18-7-5-4-6-8-18/h4-15H,1-3H3. The van der Waals surface area contributed by atoms with E-state index in [1.54, 1.807) is 54.6 Å². The fourth-order valence-electron chi connectivity index (χ4n) is 2.78. The molecule has 0 fully saturated rings. The maximum absolute atomic E-state index is 14.2. The van der Waals surface area contributed by atoms with Crippen LogP contribution in [0, 0.1) is 0 Å². The Labute approximate surface area is 169 Å². The number of nitrogens with zero attached hydrogens (tertiary/aromatic N) is 4. The minimum atomic E-state index is -2.80. The van der Waals surface area contributed by atoms with Crippen LogP contribution < -0.4 is 14.4 Å². The van der Waals surface area contributed by atoms with Crippen molar-refractivity contribution in [3.05, 3.63) is 78.5 Å². The van der Waals surface area contributed by atoms with E-state index in [0.717, 1.165) is 10.5 Å². The topological polar surface area (TPSA) is 41.0 Å². The van der Waals surface area contributed by atoms with Crippen LogP contribution in [0.15, 0.2) is 77.9 Å². The van der Waals surface area contributed by atoms with E-state index < -0.39 is 7.40 Å². The summed E-state index contributed by atoms with van der Waals surface area (Å²) in [6.45, 7) is 0. The van der Waals surface area contributed by atoms with E-state index in [-0.39, 0.29) is 11.7 Å². The molecule has 29 heavy (non-hydrogen) atoms. The zero-order valence-electron chi connectivity index (χ0n) is 16.5. The summed E-state index contributed by atoms with van der Waals surface area (Å²) in [7, 11) is 2.56. The number of amidine groups is 1. The van der Waals surface area contributed by atoms with Crippen molar-refractivity contribution >= 4 is 30.4 Å². The van der Waals surface area contributed by atoms with Crippen LogP contribution >= 0.6 is 0 Å². The molecule has 1 aromatic heterocycles. The Balaban J connectivity index is 2.15. The highest BCUT2D eigenvalue weighted by atomic mass is 19.2. The quantitative estimate of drug-likeness (QED) is 0.346. The molecule has 0 aliphatic carbocycles. The van der Waals surface area contributed by atoms with Gasteiger partial charge in [0.15, 0.2) is 5.82 Å². The highest BCUT2D eigenvalue weighted by Crippen LogP contribution is 2.25. The number of aromatic nitrogens is 1. The number of pyridine rings is 1. The molecule has 0 bridgehead atoms. The van der Waals surface area contributed by atoms with Crippen LogP contribution in [0.25, 0.3) is 0 Å². The molecule has 0 saturated heterocycles. The van der Waals surface area contributed by atoms with Gasteiger partial charge in [0.2, 0.25) is 0 Å². The van der Waals surface area contributed by atoms with Crippen molar-refractivity contribution in [1.82, 2.24) is 4.98 Å². The van der Waals surface area contributed by atoms with Gasteiger partial charge in [-0.15, -0.1) is 0 Å². The van der Waals surface area contributed by atoms with E-state index in [9.17, 15) is 8.63 Å². The van der Waals surface area contributed by atoms with E-state index >= 15 is 0 Å². The second-order valence-electron chi connectivity index (χ2n) is 6.41. The largest absolute Gasteiger partial charge is 0.679 e. The average molecular weight is 394 g/mol. The molecule has 0 amide bonds. The monoisotopic (exact) mass is 394 g/mol. The second kappa shape index (κ2) is 9.19. The molecule has 2 aromatic carbocycles. The van der Waals surface area contributed by atoms with Crippen molar-refractivity contribution in [2.75, 3.05) is 30.9 Å². The third-order valence-corrected chi connectivity index (χ3v) is 4.27. The van der Waals surface area contributed by atoms with Gasteiger partial charge in [-0.05, 0) is 42.5 Å². The minimum Gasteiger partial charge on any atom is -0.497 e. The first-order valence-corrected chi connectivity index (χ1v) is 8.98. The molecule has 0 atom stereocenters. The van der Waals surface area contributed by atoms with Gasteiger partial charge in [-0.25, -0.2) is 9.98 Å². The van der Waals surface area contributed by atoms with Crippen molar-refractivity contribution in [3.8, 4) is 5.75 Å². The Kier molecular flexibility index (Phi) is 6.44. The molecule has 3 aromatic rings. The number of hydrogen-bond acceptors (Lipinski definition) is 4. The molecule has 8 heteroatoms. The summed E-state index contributed by atoms with van der Waals surface area (Å²) in [6.07, 6.45) is 1.53. The summed E-state index contributed by atoms with van der Waals surface area (Å²) in [5.41, 5.74) is 1.83. The molecule has 148 valence electrons. The Hall–Kier alpha value is -3.42. The molecule has 0 aliphatic rings. The number of anilines is 2. The molecular weight excluding hydrogens is 373 g/mol. The van der Waals surface area contributed by atoms with Crippen molar-refractivity contribution in [2.24, 2.45) is 4.99 Å². The van der Waals surface area contributed by atoms with E-state index in [1.807, 2.05) is 31.1 Å². The molecule has 0 spiro atoms. The lowest BCUT2D eigenvalue weighted by Crippen LogP contribution is -2.39. The van der Waals surface area contributed by atoms with Crippen LogP contribution in [0.3, 0.4) is 0 Å². The molecule has 1 heterocycles. The number of ether oxygens (including phenoxy) is 1. The maximum atomic E-state index is 14.2. The Bertz CT molecular complexity index is 966. The van der Waals surface area contributed by atoms with Crippen molar-refractivity contribution in [3.63, 3.8) is 0 Å². The Morgan fingerprint density at radius 1 is 0.966 bits per heavy atom. The van der Waals surface area contributed by atoms with Gasteiger partial charge in [-0.3, -0.25) is 8.63 Å². The molecule has 0 unspecified atom stereocenters. The second-order valence-corrected chi connectivity index (χ2v) is 6.41. The first-order valence-electron chi connectivity index (χ1n) is 8.98. The minimum absolute atomic E-state index is 0.0947. The number of rotatable bonds is 6. The van der Waals surface area contributed by atoms with Crippen LogP contribution in [-0.4, -0.2) is 39.4 Å². The molecule has 0 radical (unpaired) electrons. The number of halogens is 2. The summed E-state index contributed by atoms with van der Waals surface area (Å²) >= 11 is 0. The van der Waals surface area contributed by atoms with E-state index in [4.69, 9.17) is 4.74 Å². The Morgan fingerprint density at radius 2 is 1.66 bits per heavy atom. The average Bonchev–Trinajstić information content (AvgIpc) is 2.74. The predicted molar refractivity (Wildman–Crippen MR) is 115 cm³/mol. The van der Waals surface area contributed by atoms with Gasteiger partial charge in [0.05, 0.1) is 7.11 Å². The predicted octanol–water partition coefficient (Wildman–Crippen LogP) is 4.67. The van der Waals surface area contributed by atoms with Crippen molar-refractivity contribution in [2.45, 2.75) is 0 Å². The zero-order chi connectivity index (χ0) is 20.8. The van der Waals surface area contributed by atoms with Gasteiger partial charge >= 0.3 is 7.40 Å². The highest BCUT2D eigenvalue weighted by molar-refractivity contribution is 6.56. The first kappa shape index (κ1) is 20.3. The first-order chi connectivity index (χ1) is 14.0. The van der Waals surface area contributed by atoms with E-state index in [2.05, 4.69) is 9.98 Å². The van der Waals surface area contributed by atoms with Crippen molar-refractivity contribution < 1.29 is 13.4 Å². The maximum Gasteiger partial charge on any atom is 0.679 e. The number of hydrogen-bond donors (Lipinski definition) is 0. The highest BCUT2D eigenvalue weighted by Gasteiger charge is 2.31. The molecule has 0 aliphatic heterocycles. The van der Waals surface area contributed by atoms with Crippen molar-refractivity contribution in [1.29, 1.82) is 0 Å². The molecule has 0 N–H and O–H groups in total. The fraction of sp³-hybridized carbons (Fsp3) is 0.143. The lowest BCUT2D eigenvalue weighted by Gasteiger charge is -2.24. The normalized spacial score (nSPS) is 11.1. The number of aliphatic imine (C=N–C) groups is 1. The lowest BCUT2D eigenvalue weighted by molar-refractivity contribution is 0.414. The van der Waals surface area contributed by atoms with E-state index in [1.165, 1.54) is 13.3 Å².